The standard InChI is InChI=1S/C16H28N4O8S/c1-7(2)12(20-13(24)8(17)5-21)15(26)18-9(3-4-11(22)23)14(25)19-10(6-29)16(27)28/h7-10,12,21,29H,3-6,17H2,1-2H3,(H,18,26)(H,19,25)(H,20,24)(H,22,23)(H,27,28). The summed E-state index contributed by atoms with van der Waals surface area (Å²) in [4.78, 5) is 58.8. The first-order valence-electron chi connectivity index (χ1n) is 8.77. The van der Waals surface area contributed by atoms with E-state index in [0.29, 0.717) is 0 Å². The fourth-order valence-electron chi connectivity index (χ4n) is 2.13. The molecule has 0 bridgehead atoms. The smallest absolute Gasteiger partial charge is 0.327 e. The van der Waals surface area contributed by atoms with E-state index in [1.165, 1.54) is 0 Å². The zero-order chi connectivity index (χ0) is 22.7. The highest BCUT2D eigenvalue weighted by Crippen LogP contribution is 2.06. The molecule has 4 atom stereocenters. The molecule has 0 aromatic heterocycles. The fourth-order valence-corrected chi connectivity index (χ4v) is 2.38. The topological polar surface area (TPSA) is 208 Å². The van der Waals surface area contributed by atoms with Crippen molar-refractivity contribution < 1.29 is 39.3 Å². The van der Waals surface area contributed by atoms with Crippen LogP contribution in [0.4, 0.5) is 0 Å². The number of aliphatic carboxylic acids is 2. The van der Waals surface area contributed by atoms with Crippen LogP contribution < -0.4 is 21.7 Å². The second kappa shape index (κ2) is 13.0. The molecule has 13 heteroatoms. The van der Waals surface area contributed by atoms with Gasteiger partial charge in [0.2, 0.25) is 17.7 Å². The van der Waals surface area contributed by atoms with Gasteiger partial charge in [-0.3, -0.25) is 19.2 Å². The van der Waals surface area contributed by atoms with Crippen LogP contribution in [0.2, 0.25) is 0 Å². The summed E-state index contributed by atoms with van der Waals surface area (Å²) in [6, 6.07) is -5.06. The zero-order valence-electron chi connectivity index (χ0n) is 16.1. The Balaban J connectivity index is 5.37. The summed E-state index contributed by atoms with van der Waals surface area (Å²) in [7, 11) is 0. The Hall–Kier alpha value is -2.38. The third-order valence-electron chi connectivity index (χ3n) is 3.86. The van der Waals surface area contributed by atoms with Gasteiger partial charge in [-0.1, -0.05) is 13.8 Å². The van der Waals surface area contributed by atoms with Gasteiger partial charge >= 0.3 is 11.9 Å². The average Bonchev–Trinajstić information content (AvgIpc) is 2.65. The van der Waals surface area contributed by atoms with E-state index in [2.05, 4.69) is 28.6 Å². The summed E-state index contributed by atoms with van der Waals surface area (Å²) in [5.74, 6) is -5.69. The Morgan fingerprint density at radius 3 is 1.90 bits per heavy atom. The molecule has 0 aromatic carbocycles. The lowest BCUT2D eigenvalue weighted by Crippen LogP contribution is -2.58. The van der Waals surface area contributed by atoms with Crippen LogP contribution >= 0.6 is 12.6 Å². The predicted molar refractivity (Wildman–Crippen MR) is 104 cm³/mol. The number of nitrogens with two attached hydrogens (primary N) is 1. The quantitative estimate of drug-likeness (QED) is 0.141. The number of amides is 3. The van der Waals surface area contributed by atoms with E-state index in [1.807, 2.05) is 0 Å². The molecule has 0 aromatic rings. The number of carboxylic acids is 2. The maximum atomic E-state index is 12.6. The zero-order valence-corrected chi connectivity index (χ0v) is 17.0. The van der Waals surface area contributed by atoms with E-state index in [1.54, 1.807) is 13.8 Å². The van der Waals surface area contributed by atoms with Crippen LogP contribution in [0, 0.1) is 5.92 Å². The van der Waals surface area contributed by atoms with Gasteiger partial charge in [0.05, 0.1) is 6.61 Å². The monoisotopic (exact) mass is 436 g/mol. The van der Waals surface area contributed by atoms with Crippen molar-refractivity contribution in [1.29, 1.82) is 0 Å². The number of nitrogens with one attached hydrogen (secondary N) is 3. The third-order valence-corrected chi connectivity index (χ3v) is 4.22. The van der Waals surface area contributed by atoms with Crippen molar-refractivity contribution in [2.75, 3.05) is 12.4 Å². The Kier molecular flexibility index (Phi) is 11.9. The fraction of sp³-hybridized carbons (Fsp3) is 0.688. The Labute approximate surface area is 173 Å². The van der Waals surface area contributed by atoms with Crippen molar-refractivity contribution in [3.63, 3.8) is 0 Å². The molecule has 0 spiro atoms. The minimum Gasteiger partial charge on any atom is -0.481 e. The van der Waals surface area contributed by atoms with E-state index < -0.39 is 72.8 Å². The summed E-state index contributed by atoms with van der Waals surface area (Å²) in [6.45, 7) is 2.59. The summed E-state index contributed by atoms with van der Waals surface area (Å²) >= 11 is 3.82. The number of carbonyl (C=O) groups excluding carboxylic acids is 3. The van der Waals surface area contributed by atoms with Crippen LogP contribution in [-0.4, -0.2) is 81.5 Å². The highest BCUT2D eigenvalue weighted by atomic mass is 32.1. The van der Waals surface area contributed by atoms with E-state index >= 15 is 0 Å². The summed E-state index contributed by atoms with van der Waals surface area (Å²) in [5.41, 5.74) is 5.41. The Bertz CT molecular complexity index is 616. The van der Waals surface area contributed by atoms with Gasteiger partial charge in [0, 0.05) is 12.2 Å². The van der Waals surface area contributed by atoms with Crippen LogP contribution in [0.1, 0.15) is 26.7 Å². The number of hydrogen-bond acceptors (Lipinski definition) is 8. The molecule has 0 aliphatic carbocycles. The minimum absolute atomic E-state index is 0.218. The van der Waals surface area contributed by atoms with Gasteiger partial charge in [-0.15, -0.1) is 0 Å². The largest absolute Gasteiger partial charge is 0.481 e. The summed E-state index contributed by atoms with van der Waals surface area (Å²) in [5, 5.41) is 33.7. The van der Waals surface area contributed by atoms with Crippen LogP contribution in [0.3, 0.4) is 0 Å². The minimum atomic E-state index is -1.36. The Morgan fingerprint density at radius 1 is 0.931 bits per heavy atom. The molecule has 4 unspecified atom stereocenters. The molecule has 12 nitrogen and oxygen atoms in total. The lowest BCUT2D eigenvalue weighted by molar-refractivity contribution is -0.142. The van der Waals surface area contributed by atoms with Gasteiger partial charge in [-0.2, -0.15) is 12.6 Å². The number of aliphatic hydroxyl groups excluding tert-OH is 1. The van der Waals surface area contributed by atoms with Crippen LogP contribution in [0.5, 0.6) is 0 Å². The molecule has 29 heavy (non-hydrogen) atoms. The van der Waals surface area contributed by atoms with E-state index in [0.717, 1.165) is 0 Å². The van der Waals surface area contributed by atoms with Crippen LogP contribution in [-0.2, 0) is 24.0 Å². The van der Waals surface area contributed by atoms with E-state index in [4.69, 9.17) is 21.1 Å². The molecule has 0 saturated carbocycles. The highest BCUT2D eigenvalue weighted by molar-refractivity contribution is 7.80. The highest BCUT2D eigenvalue weighted by Gasteiger charge is 2.31. The summed E-state index contributed by atoms with van der Waals surface area (Å²) in [6.07, 6.45) is -0.772. The molecule has 0 heterocycles. The molecule has 0 aliphatic heterocycles. The first-order valence-corrected chi connectivity index (χ1v) is 9.40. The van der Waals surface area contributed by atoms with Gasteiger partial charge in [-0.25, -0.2) is 4.79 Å². The van der Waals surface area contributed by atoms with Crippen molar-refractivity contribution in [3.05, 3.63) is 0 Å². The van der Waals surface area contributed by atoms with Crippen LogP contribution in [0.25, 0.3) is 0 Å². The molecule has 0 aliphatic rings. The lowest BCUT2D eigenvalue weighted by Gasteiger charge is -2.26. The molecule has 0 saturated heterocycles. The molecule has 166 valence electrons. The van der Waals surface area contributed by atoms with Gasteiger partial charge in [0.1, 0.15) is 24.2 Å². The molecule has 0 fully saturated rings. The van der Waals surface area contributed by atoms with Gasteiger partial charge in [-0.05, 0) is 12.3 Å². The van der Waals surface area contributed by atoms with Gasteiger partial charge < -0.3 is 37.0 Å². The third kappa shape index (κ3) is 9.58. The molecule has 3 amide bonds. The normalized spacial score (nSPS) is 15.0. The first kappa shape index (κ1) is 26.6. The number of carboxylic acid groups (broad SMARTS) is 2. The number of thiol groups is 1. The van der Waals surface area contributed by atoms with Crippen molar-refractivity contribution in [2.45, 2.75) is 50.9 Å². The second-order valence-corrected chi connectivity index (χ2v) is 6.96. The predicted octanol–water partition coefficient (Wildman–Crippen LogP) is -2.70. The van der Waals surface area contributed by atoms with Crippen LogP contribution in [0.15, 0.2) is 0 Å². The van der Waals surface area contributed by atoms with Crippen molar-refractivity contribution >= 4 is 42.3 Å². The summed E-state index contributed by atoms with van der Waals surface area (Å²) < 4.78 is 0. The van der Waals surface area contributed by atoms with Crippen molar-refractivity contribution in [3.8, 4) is 0 Å². The average molecular weight is 436 g/mol. The first-order chi connectivity index (χ1) is 13.4. The number of rotatable bonds is 13. The second-order valence-electron chi connectivity index (χ2n) is 6.59. The van der Waals surface area contributed by atoms with Crippen molar-refractivity contribution in [1.82, 2.24) is 16.0 Å². The molecule has 8 N–H and O–H groups in total. The van der Waals surface area contributed by atoms with Crippen molar-refractivity contribution in [2.24, 2.45) is 11.7 Å². The Morgan fingerprint density at radius 2 is 1.48 bits per heavy atom. The molecule has 0 rings (SSSR count). The molecular weight excluding hydrogens is 408 g/mol. The number of hydrogen-bond donors (Lipinski definition) is 8. The lowest BCUT2D eigenvalue weighted by atomic mass is 10.0. The van der Waals surface area contributed by atoms with Gasteiger partial charge in [0.25, 0.3) is 0 Å². The van der Waals surface area contributed by atoms with E-state index in [-0.39, 0.29) is 12.2 Å². The molecular formula is C16H28N4O8S. The number of carbonyl (C=O) groups is 5. The molecule has 0 radical (unpaired) electrons. The number of aliphatic hydroxyl groups is 1. The van der Waals surface area contributed by atoms with Gasteiger partial charge in [0.15, 0.2) is 0 Å². The van der Waals surface area contributed by atoms with E-state index in [9.17, 15) is 24.0 Å². The maximum Gasteiger partial charge on any atom is 0.327 e. The SMILES string of the molecule is CC(C)C(NC(=O)C(N)CO)C(=O)NC(CCC(=O)O)C(=O)NC(CS)C(=O)O. The maximum absolute atomic E-state index is 12.6.